The summed E-state index contributed by atoms with van der Waals surface area (Å²) in [5, 5.41) is 2.77. The van der Waals surface area contributed by atoms with Gasteiger partial charge in [-0.3, -0.25) is 4.79 Å². The van der Waals surface area contributed by atoms with Crippen molar-refractivity contribution in [3.63, 3.8) is 0 Å². The van der Waals surface area contributed by atoms with Gasteiger partial charge in [0.1, 0.15) is 6.04 Å². The zero-order valence-electron chi connectivity index (χ0n) is 13.6. The van der Waals surface area contributed by atoms with E-state index in [4.69, 9.17) is 4.74 Å². The molecule has 4 heteroatoms. The van der Waals surface area contributed by atoms with Crippen molar-refractivity contribution < 1.29 is 14.3 Å². The molecule has 116 valence electrons. The third-order valence-corrected chi connectivity index (χ3v) is 3.58. The molecule has 0 aromatic heterocycles. The zero-order valence-corrected chi connectivity index (χ0v) is 13.6. The summed E-state index contributed by atoms with van der Waals surface area (Å²) in [4.78, 5) is 23.8. The van der Waals surface area contributed by atoms with E-state index < -0.39 is 6.04 Å². The first-order valence-electron chi connectivity index (χ1n) is 7.33. The summed E-state index contributed by atoms with van der Waals surface area (Å²) in [5.41, 5.74) is 4.42. The summed E-state index contributed by atoms with van der Waals surface area (Å²) >= 11 is 0. The highest BCUT2D eigenvalue weighted by molar-refractivity contribution is 5.86. The van der Waals surface area contributed by atoms with Gasteiger partial charge in [-0.1, -0.05) is 31.0 Å². The summed E-state index contributed by atoms with van der Waals surface area (Å²) in [6, 6.07) is 3.58. The van der Waals surface area contributed by atoms with Crippen molar-refractivity contribution in [3.8, 4) is 0 Å². The molecule has 0 spiro atoms. The smallest absolute Gasteiger partial charge is 0.328 e. The molecule has 0 saturated heterocycles. The second-order valence-electron chi connectivity index (χ2n) is 5.49. The van der Waals surface area contributed by atoms with Gasteiger partial charge in [0.2, 0.25) is 5.91 Å². The number of aryl methyl sites for hydroxylation is 3. The maximum absolute atomic E-state index is 12.2. The summed E-state index contributed by atoms with van der Waals surface area (Å²) in [6.45, 7) is 8.02. The second-order valence-corrected chi connectivity index (χ2v) is 5.49. The van der Waals surface area contributed by atoms with Crippen LogP contribution < -0.4 is 5.32 Å². The van der Waals surface area contributed by atoms with E-state index in [0.29, 0.717) is 6.42 Å². The van der Waals surface area contributed by atoms with Crippen molar-refractivity contribution in [2.24, 2.45) is 0 Å². The van der Waals surface area contributed by atoms with Crippen LogP contribution in [0, 0.1) is 20.8 Å². The van der Waals surface area contributed by atoms with Crippen LogP contribution in [0.1, 0.15) is 42.0 Å². The van der Waals surface area contributed by atoms with Crippen LogP contribution in [0.3, 0.4) is 0 Å². The van der Waals surface area contributed by atoms with Crippen LogP contribution in [0.2, 0.25) is 0 Å². The maximum Gasteiger partial charge on any atom is 0.328 e. The number of benzene rings is 1. The minimum Gasteiger partial charge on any atom is -0.467 e. The number of ether oxygens (including phenoxy) is 1. The number of carbonyl (C=O) groups is 2. The SMILES string of the molecule is CCCC(NC(=O)Cc1c(C)cc(C)cc1C)C(=O)OC. The largest absolute Gasteiger partial charge is 0.467 e. The molecule has 1 aromatic rings. The molecule has 1 rings (SSSR count). The number of amides is 1. The summed E-state index contributed by atoms with van der Waals surface area (Å²) in [5.74, 6) is -0.531. The Morgan fingerprint density at radius 3 is 2.24 bits per heavy atom. The summed E-state index contributed by atoms with van der Waals surface area (Å²) in [6.07, 6.45) is 1.68. The highest BCUT2D eigenvalue weighted by Gasteiger charge is 2.21. The number of hydrogen-bond donors (Lipinski definition) is 1. The number of rotatable bonds is 6. The monoisotopic (exact) mass is 291 g/mol. The van der Waals surface area contributed by atoms with E-state index in [9.17, 15) is 9.59 Å². The molecule has 0 saturated carbocycles. The highest BCUT2D eigenvalue weighted by Crippen LogP contribution is 2.17. The number of nitrogens with one attached hydrogen (secondary N) is 1. The Kier molecular flexibility index (Phi) is 6.40. The zero-order chi connectivity index (χ0) is 16.0. The lowest BCUT2D eigenvalue weighted by atomic mass is 9.97. The maximum atomic E-state index is 12.2. The first kappa shape index (κ1) is 17.2. The minimum absolute atomic E-state index is 0.145. The Morgan fingerprint density at radius 2 is 1.76 bits per heavy atom. The topological polar surface area (TPSA) is 55.4 Å². The molecule has 0 heterocycles. The lowest BCUT2D eigenvalue weighted by Crippen LogP contribution is -2.42. The second kappa shape index (κ2) is 7.81. The van der Waals surface area contributed by atoms with Crippen LogP contribution in [-0.2, 0) is 20.7 Å². The van der Waals surface area contributed by atoms with Gasteiger partial charge < -0.3 is 10.1 Å². The molecule has 0 aliphatic heterocycles. The lowest BCUT2D eigenvalue weighted by Gasteiger charge is -2.17. The Bertz CT molecular complexity index is 500. The van der Waals surface area contributed by atoms with Crippen molar-refractivity contribution in [2.45, 2.75) is 53.0 Å². The van der Waals surface area contributed by atoms with Crippen LogP contribution in [-0.4, -0.2) is 25.0 Å². The first-order chi connectivity index (χ1) is 9.88. The van der Waals surface area contributed by atoms with Crippen LogP contribution >= 0.6 is 0 Å². The van der Waals surface area contributed by atoms with Crippen molar-refractivity contribution >= 4 is 11.9 Å². The normalized spacial score (nSPS) is 11.9. The van der Waals surface area contributed by atoms with Gasteiger partial charge in [0.25, 0.3) is 0 Å². The fraction of sp³-hybridized carbons (Fsp3) is 0.529. The van der Waals surface area contributed by atoms with Gasteiger partial charge in [-0.05, 0) is 43.9 Å². The standard InChI is InChI=1S/C17H25NO3/c1-6-7-15(17(20)21-5)18-16(19)10-14-12(3)8-11(2)9-13(14)4/h8-9,15H,6-7,10H2,1-5H3,(H,18,19). The third-order valence-electron chi connectivity index (χ3n) is 3.58. The van der Waals surface area contributed by atoms with Crippen LogP contribution in [0.4, 0.5) is 0 Å². The van der Waals surface area contributed by atoms with E-state index in [1.54, 1.807) is 0 Å². The minimum atomic E-state index is -0.557. The number of methoxy groups -OCH3 is 1. The van der Waals surface area contributed by atoms with Crippen molar-refractivity contribution in [2.75, 3.05) is 7.11 Å². The molecule has 0 fully saturated rings. The van der Waals surface area contributed by atoms with Gasteiger partial charge in [0.05, 0.1) is 13.5 Å². The summed E-state index contributed by atoms with van der Waals surface area (Å²) in [7, 11) is 1.34. The molecule has 0 bridgehead atoms. The molecule has 21 heavy (non-hydrogen) atoms. The Morgan fingerprint density at radius 1 is 1.19 bits per heavy atom. The Balaban J connectivity index is 2.79. The van der Waals surface area contributed by atoms with Gasteiger partial charge in [-0.25, -0.2) is 4.79 Å². The van der Waals surface area contributed by atoms with Gasteiger partial charge in [0, 0.05) is 0 Å². The molecule has 4 nitrogen and oxygen atoms in total. The molecule has 1 N–H and O–H groups in total. The van der Waals surface area contributed by atoms with Gasteiger partial charge >= 0.3 is 5.97 Å². The molecule has 1 amide bonds. The fourth-order valence-electron chi connectivity index (χ4n) is 2.57. The van der Waals surface area contributed by atoms with Crippen molar-refractivity contribution in [1.29, 1.82) is 0 Å². The number of carbonyl (C=O) groups excluding carboxylic acids is 2. The van der Waals surface area contributed by atoms with E-state index in [-0.39, 0.29) is 18.3 Å². The van der Waals surface area contributed by atoms with Crippen LogP contribution in [0.25, 0.3) is 0 Å². The Hall–Kier alpha value is -1.84. The van der Waals surface area contributed by atoms with Crippen molar-refractivity contribution in [3.05, 3.63) is 34.4 Å². The van der Waals surface area contributed by atoms with Crippen molar-refractivity contribution in [1.82, 2.24) is 5.32 Å². The average Bonchev–Trinajstić information content (AvgIpc) is 2.41. The molecule has 0 radical (unpaired) electrons. The molecule has 1 aromatic carbocycles. The van der Waals surface area contributed by atoms with Gasteiger partial charge in [-0.2, -0.15) is 0 Å². The van der Waals surface area contributed by atoms with E-state index in [1.807, 2.05) is 27.7 Å². The molecule has 1 unspecified atom stereocenters. The van der Waals surface area contributed by atoms with E-state index in [2.05, 4.69) is 17.4 Å². The lowest BCUT2D eigenvalue weighted by molar-refractivity contribution is -0.145. The first-order valence-corrected chi connectivity index (χ1v) is 7.33. The molecular weight excluding hydrogens is 266 g/mol. The van der Waals surface area contributed by atoms with Gasteiger partial charge in [0.15, 0.2) is 0 Å². The van der Waals surface area contributed by atoms with Crippen LogP contribution in [0.15, 0.2) is 12.1 Å². The van der Waals surface area contributed by atoms with E-state index in [1.165, 1.54) is 12.7 Å². The fourth-order valence-corrected chi connectivity index (χ4v) is 2.57. The van der Waals surface area contributed by atoms with E-state index >= 15 is 0 Å². The predicted octanol–water partition coefficient (Wildman–Crippen LogP) is 2.61. The van der Waals surface area contributed by atoms with Gasteiger partial charge in [-0.15, -0.1) is 0 Å². The number of hydrogen-bond acceptors (Lipinski definition) is 3. The third kappa shape index (κ3) is 4.88. The Labute approximate surface area is 126 Å². The summed E-state index contributed by atoms with van der Waals surface area (Å²) < 4.78 is 4.73. The quantitative estimate of drug-likeness (QED) is 0.820. The highest BCUT2D eigenvalue weighted by atomic mass is 16.5. The molecule has 0 aliphatic carbocycles. The molecule has 1 atom stereocenters. The van der Waals surface area contributed by atoms with E-state index in [0.717, 1.165) is 23.1 Å². The number of esters is 1. The average molecular weight is 291 g/mol. The molecule has 0 aliphatic rings. The molecular formula is C17H25NO3. The van der Waals surface area contributed by atoms with Crippen LogP contribution in [0.5, 0.6) is 0 Å². The predicted molar refractivity (Wildman–Crippen MR) is 83.2 cm³/mol.